The number of hydrogen-bond donors (Lipinski definition) is 0. The van der Waals surface area contributed by atoms with Crippen LogP contribution >= 0.6 is 22.9 Å². The largest absolute Gasteiger partial charge is 0.491 e. The lowest BCUT2D eigenvalue weighted by Crippen LogP contribution is -2.19. The van der Waals surface area contributed by atoms with Gasteiger partial charge in [-0.3, -0.25) is 4.79 Å². The van der Waals surface area contributed by atoms with Crippen molar-refractivity contribution in [1.82, 2.24) is 9.66 Å². The molecule has 3 aromatic rings. The van der Waals surface area contributed by atoms with Crippen molar-refractivity contribution in [1.29, 1.82) is 0 Å². The number of halogens is 1. The third kappa shape index (κ3) is 3.38. The third-order valence-corrected chi connectivity index (χ3v) is 4.58. The maximum absolute atomic E-state index is 12.5. The van der Waals surface area contributed by atoms with Gasteiger partial charge in [0.25, 0.3) is 5.56 Å². The van der Waals surface area contributed by atoms with Crippen molar-refractivity contribution in [3.63, 3.8) is 0 Å². The van der Waals surface area contributed by atoms with Crippen molar-refractivity contribution in [2.24, 2.45) is 5.10 Å². The molecule has 0 spiro atoms. The van der Waals surface area contributed by atoms with Crippen molar-refractivity contribution in [2.45, 2.75) is 13.8 Å². The van der Waals surface area contributed by atoms with Gasteiger partial charge in [0.1, 0.15) is 10.7 Å². The van der Waals surface area contributed by atoms with Crippen LogP contribution in [0.1, 0.15) is 18.3 Å². The molecule has 0 radical (unpaired) electrons. The summed E-state index contributed by atoms with van der Waals surface area (Å²) >= 11 is 7.66. The fourth-order valence-corrected chi connectivity index (χ4v) is 3.49. The summed E-state index contributed by atoms with van der Waals surface area (Å²) in [5.41, 5.74) is 0.482. The molecule has 0 aliphatic heterocycles. The van der Waals surface area contributed by atoms with Crippen LogP contribution in [0.5, 0.6) is 11.5 Å². The molecule has 0 bridgehead atoms. The summed E-state index contributed by atoms with van der Waals surface area (Å²) in [7, 11) is 1.53. The molecule has 2 aromatic heterocycles. The molecule has 0 fully saturated rings. The third-order valence-electron chi connectivity index (χ3n) is 3.50. The number of hydrogen-bond acceptors (Lipinski definition) is 6. The lowest BCUT2D eigenvalue weighted by atomic mass is 10.2. The van der Waals surface area contributed by atoms with Crippen molar-refractivity contribution in [3.05, 3.63) is 50.3 Å². The average Bonchev–Trinajstić information content (AvgIpc) is 3.03. The van der Waals surface area contributed by atoms with Gasteiger partial charge in [-0.25, -0.2) is 4.98 Å². The fraction of sp³-hybridized carbons (Fsp3) is 0.235. The minimum absolute atomic E-state index is 0.204. The van der Waals surface area contributed by atoms with Gasteiger partial charge in [-0.15, -0.1) is 11.3 Å². The molecule has 0 aliphatic carbocycles. The SMILES string of the molecule is CCOc1cc(C=Nn2c(C)nc3sccc3c2=O)cc(Cl)c1OC. The molecule has 3 rings (SSSR count). The van der Waals surface area contributed by atoms with Crippen LogP contribution in [0.25, 0.3) is 10.2 Å². The Labute approximate surface area is 153 Å². The van der Waals surface area contributed by atoms with Crippen LogP contribution in [-0.2, 0) is 0 Å². The summed E-state index contributed by atoms with van der Waals surface area (Å²) in [6, 6.07) is 5.20. The highest BCUT2D eigenvalue weighted by atomic mass is 35.5. The number of aryl methyl sites for hydroxylation is 1. The van der Waals surface area contributed by atoms with E-state index in [1.54, 1.807) is 31.3 Å². The van der Waals surface area contributed by atoms with Crippen LogP contribution in [0.4, 0.5) is 0 Å². The first kappa shape index (κ1) is 17.4. The molecule has 0 aliphatic rings. The Morgan fingerprint density at radius 3 is 2.96 bits per heavy atom. The second-order valence-electron chi connectivity index (χ2n) is 5.13. The van der Waals surface area contributed by atoms with Crippen molar-refractivity contribution >= 4 is 39.4 Å². The number of ether oxygens (including phenoxy) is 2. The number of rotatable bonds is 5. The molecule has 0 amide bonds. The van der Waals surface area contributed by atoms with E-state index in [2.05, 4.69) is 10.1 Å². The Morgan fingerprint density at radius 2 is 2.24 bits per heavy atom. The van der Waals surface area contributed by atoms with E-state index in [1.807, 2.05) is 12.3 Å². The van der Waals surface area contributed by atoms with E-state index < -0.39 is 0 Å². The van der Waals surface area contributed by atoms with E-state index >= 15 is 0 Å². The molecular formula is C17H16ClN3O3S. The fourth-order valence-electron chi connectivity index (χ4n) is 2.39. The molecule has 0 unspecified atom stereocenters. The van der Waals surface area contributed by atoms with Gasteiger partial charge in [0, 0.05) is 0 Å². The molecule has 1 aromatic carbocycles. The van der Waals surface area contributed by atoms with Gasteiger partial charge in [0.2, 0.25) is 0 Å². The van der Waals surface area contributed by atoms with Gasteiger partial charge in [-0.2, -0.15) is 9.78 Å². The van der Waals surface area contributed by atoms with Crippen LogP contribution in [-0.4, -0.2) is 29.6 Å². The average molecular weight is 378 g/mol. The molecule has 0 saturated heterocycles. The van der Waals surface area contributed by atoms with E-state index in [-0.39, 0.29) is 5.56 Å². The topological polar surface area (TPSA) is 65.7 Å². The highest BCUT2D eigenvalue weighted by Crippen LogP contribution is 2.35. The molecule has 0 N–H and O–H groups in total. The van der Waals surface area contributed by atoms with Crippen molar-refractivity contribution in [3.8, 4) is 11.5 Å². The first-order valence-corrected chi connectivity index (χ1v) is 8.82. The summed E-state index contributed by atoms with van der Waals surface area (Å²) in [6.45, 7) is 4.09. The number of benzene rings is 1. The van der Waals surface area contributed by atoms with Crippen LogP contribution in [0.2, 0.25) is 5.02 Å². The van der Waals surface area contributed by atoms with E-state index in [0.717, 1.165) is 0 Å². The highest BCUT2D eigenvalue weighted by molar-refractivity contribution is 7.16. The summed E-state index contributed by atoms with van der Waals surface area (Å²) in [6.07, 6.45) is 1.54. The highest BCUT2D eigenvalue weighted by Gasteiger charge is 2.11. The van der Waals surface area contributed by atoms with Gasteiger partial charge in [-0.05, 0) is 43.0 Å². The summed E-state index contributed by atoms with van der Waals surface area (Å²) < 4.78 is 12.1. The minimum atomic E-state index is -0.204. The van der Waals surface area contributed by atoms with Gasteiger partial charge >= 0.3 is 0 Å². The van der Waals surface area contributed by atoms with Crippen LogP contribution < -0.4 is 15.0 Å². The van der Waals surface area contributed by atoms with E-state index in [1.165, 1.54) is 23.1 Å². The van der Waals surface area contributed by atoms with Crippen LogP contribution in [0.15, 0.2) is 33.5 Å². The summed E-state index contributed by atoms with van der Waals surface area (Å²) in [5, 5.41) is 7.07. The monoisotopic (exact) mass is 377 g/mol. The summed E-state index contributed by atoms with van der Waals surface area (Å²) in [4.78, 5) is 17.6. The smallest absolute Gasteiger partial charge is 0.282 e. The number of nitrogens with zero attached hydrogens (tertiary/aromatic N) is 3. The molecule has 8 heteroatoms. The Hall–Kier alpha value is -2.38. The zero-order valence-electron chi connectivity index (χ0n) is 13.9. The van der Waals surface area contributed by atoms with Crippen molar-refractivity contribution < 1.29 is 9.47 Å². The lowest BCUT2D eigenvalue weighted by molar-refractivity contribution is 0.311. The lowest BCUT2D eigenvalue weighted by Gasteiger charge is -2.11. The molecule has 0 atom stereocenters. The van der Waals surface area contributed by atoms with E-state index in [9.17, 15) is 4.79 Å². The number of thiophene rings is 1. The number of methoxy groups -OCH3 is 1. The maximum Gasteiger partial charge on any atom is 0.282 e. The first-order valence-electron chi connectivity index (χ1n) is 7.56. The Kier molecular flexibility index (Phi) is 5.06. The Morgan fingerprint density at radius 1 is 1.44 bits per heavy atom. The molecule has 130 valence electrons. The molecule has 25 heavy (non-hydrogen) atoms. The number of fused-ring (bicyclic) bond motifs is 1. The van der Waals surface area contributed by atoms with Crippen molar-refractivity contribution in [2.75, 3.05) is 13.7 Å². The van der Waals surface area contributed by atoms with Gasteiger partial charge in [-0.1, -0.05) is 11.6 Å². The minimum Gasteiger partial charge on any atom is -0.491 e. The first-order chi connectivity index (χ1) is 12.0. The second kappa shape index (κ2) is 7.25. The Bertz CT molecular complexity index is 1010. The van der Waals surface area contributed by atoms with Gasteiger partial charge in [0.15, 0.2) is 11.5 Å². The Balaban J connectivity index is 2.04. The standard InChI is InChI=1S/C17H16ClN3O3S/c1-4-24-14-8-11(7-13(18)15(14)23-3)9-19-21-10(2)20-16-12(17(21)22)5-6-25-16/h5-9H,4H2,1-3H3. The predicted molar refractivity (Wildman–Crippen MR) is 101 cm³/mol. The van der Waals surface area contributed by atoms with Gasteiger partial charge in [0.05, 0.1) is 30.3 Å². The van der Waals surface area contributed by atoms with Gasteiger partial charge < -0.3 is 9.47 Å². The molecule has 6 nitrogen and oxygen atoms in total. The van der Waals surface area contributed by atoms with E-state index in [0.29, 0.717) is 44.7 Å². The number of aromatic nitrogens is 2. The van der Waals surface area contributed by atoms with Crippen LogP contribution in [0, 0.1) is 6.92 Å². The molecule has 0 saturated carbocycles. The normalized spacial score (nSPS) is 11.4. The molecule has 2 heterocycles. The second-order valence-corrected chi connectivity index (χ2v) is 6.43. The maximum atomic E-state index is 12.5. The quantitative estimate of drug-likeness (QED) is 0.636. The predicted octanol–water partition coefficient (Wildman–Crippen LogP) is 3.71. The summed E-state index contributed by atoms with van der Waals surface area (Å²) in [5.74, 6) is 1.51. The zero-order chi connectivity index (χ0) is 18.0. The zero-order valence-corrected chi connectivity index (χ0v) is 15.5. The van der Waals surface area contributed by atoms with E-state index in [4.69, 9.17) is 21.1 Å². The van der Waals surface area contributed by atoms with Crippen LogP contribution in [0.3, 0.4) is 0 Å². The molecular weight excluding hydrogens is 362 g/mol.